The number of aliphatic hydroxyl groups excluding tert-OH is 1. The van der Waals surface area contributed by atoms with Gasteiger partial charge in [-0.15, -0.1) is 0 Å². The molecule has 1 aliphatic rings. The van der Waals surface area contributed by atoms with Crippen LogP contribution in [0.25, 0.3) is 5.69 Å². The van der Waals surface area contributed by atoms with Crippen LogP contribution < -0.4 is 5.32 Å². The van der Waals surface area contributed by atoms with Gasteiger partial charge in [-0.05, 0) is 56.2 Å². The molecule has 1 aliphatic carbocycles. The van der Waals surface area contributed by atoms with Gasteiger partial charge >= 0.3 is 0 Å². The third-order valence-corrected chi connectivity index (χ3v) is 4.91. The number of nitrogens with one attached hydrogen (secondary N) is 1. The van der Waals surface area contributed by atoms with Gasteiger partial charge in [0, 0.05) is 11.7 Å². The summed E-state index contributed by atoms with van der Waals surface area (Å²) in [7, 11) is 0. The summed E-state index contributed by atoms with van der Waals surface area (Å²) >= 11 is 1.42. The zero-order chi connectivity index (χ0) is 17.1. The Morgan fingerprint density at radius 1 is 1.29 bits per heavy atom. The van der Waals surface area contributed by atoms with Gasteiger partial charge in [0.1, 0.15) is 11.5 Å². The summed E-state index contributed by atoms with van der Waals surface area (Å²) in [4.78, 5) is 17.0. The van der Waals surface area contributed by atoms with Crippen molar-refractivity contribution in [2.75, 3.05) is 6.26 Å². The first-order valence-electron chi connectivity index (χ1n) is 7.95. The van der Waals surface area contributed by atoms with Crippen molar-refractivity contribution in [3.63, 3.8) is 0 Å². The lowest BCUT2D eigenvalue weighted by molar-refractivity contribution is 0.0861. The molecule has 1 heterocycles. The Bertz CT molecular complexity index is 709. The number of nitrogens with zero attached hydrogens (tertiary/aromatic N) is 2. The smallest absolute Gasteiger partial charge is 0.270 e. The number of thioether (sulfide) groups is 1. The fourth-order valence-electron chi connectivity index (χ4n) is 2.96. The Hall–Kier alpha value is -1.86. The molecule has 1 saturated carbocycles. The van der Waals surface area contributed by atoms with Crippen LogP contribution in [0.3, 0.4) is 0 Å². The maximum Gasteiger partial charge on any atom is 0.270 e. The van der Waals surface area contributed by atoms with Crippen LogP contribution in [-0.4, -0.2) is 39.0 Å². The molecule has 3 rings (SSSR count). The van der Waals surface area contributed by atoms with Crippen LogP contribution in [0.2, 0.25) is 0 Å². The average molecular weight is 349 g/mol. The van der Waals surface area contributed by atoms with E-state index in [-0.39, 0.29) is 23.9 Å². The molecule has 2 N–H and O–H groups in total. The summed E-state index contributed by atoms with van der Waals surface area (Å²) in [5.41, 5.74) is 1.12. The summed E-state index contributed by atoms with van der Waals surface area (Å²) in [6.45, 7) is 0. The minimum Gasteiger partial charge on any atom is -0.393 e. The maximum atomic E-state index is 13.2. The molecule has 1 aromatic heterocycles. The second-order valence-electron chi connectivity index (χ2n) is 5.92. The molecule has 0 aliphatic heterocycles. The number of imidazole rings is 1. The number of amides is 1. The highest BCUT2D eigenvalue weighted by Gasteiger charge is 2.24. The molecule has 1 fully saturated rings. The molecule has 0 saturated heterocycles. The average Bonchev–Trinajstić information content (AvgIpc) is 3.02. The predicted molar refractivity (Wildman–Crippen MR) is 91.0 cm³/mol. The number of benzene rings is 1. The number of aliphatic hydroxyl groups is 1. The molecule has 128 valence electrons. The molecule has 0 spiro atoms. The number of aromatic nitrogens is 2. The highest BCUT2D eigenvalue weighted by Crippen LogP contribution is 2.23. The van der Waals surface area contributed by atoms with Crippen LogP contribution in [0.4, 0.5) is 4.39 Å². The second-order valence-corrected chi connectivity index (χ2v) is 6.69. The molecular formula is C17H20FN3O2S. The molecule has 5 nitrogen and oxygen atoms in total. The summed E-state index contributed by atoms with van der Waals surface area (Å²) in [6.07, 6.45) is 6.12. The molecule has 2 aromatic rings. The number of carbonyl (C=O) groups excluding carboxylic acids is 1. The van der Waals surface area contributed by atoms with Crippen molar-refractivity contribution in [3.8, 4) is 5.69 Å². The summed E-state index contributed by atoms with van der Waals surface area (Å²) in [5.74, 6) is -0.523. The lowest BCUT2D eigenvalue weighted by Gasteiger charge is -2.26. The van der Waals surface area contributed by atoms with Crippen LogP contribution in [0.15, 0.2) is 35.6 Å². The predicted octanol–water partition coefficient (Wildman–Crippen LogP) is 2.77. The summed E-state index contributed by atoms with van der Waals surface area (Å²) < 4.78 is 14.9. The van der Waals surface area contributed by atoms with Gasteiger partial charge in [0.2, 0.25) is 0 Å². The van der Waals surface area contributed by atoms with Crippen molar-refractivity contribution in [1.29, 1.82) is 0 Å². The summed E-state index contributed by atoms with van der Waals surface area (Å²) in [5, 5.41) is 13.3. The zero-order valence-corrected chi connectivity index (χ0v) is 14.2. The largest absolute Gasteiger partial charge is 0.393 e. The van der Waals surface area contributed by atoms with Gasteiger partial charge in [-0.2, -0.15) is 0 Å². The van der Waals surface area contributed by atoms with E-state index in [0.717, 1.165) is 12.8 Å². The molecule has 0 unspecified atom stereocenters. The molecule has 0 atom stereocenters. The van der Waals surface area contributed by atoms with Crippen molar-refractivity contribution in [2.24, 2.45) is 0 Å². The standard InChI is InChI=1S/C17H20FN3O2S/c1-24-17-19-10-15(21(17)13-6-2-11(18)3-7-13)16(23)20-12-4-8-14(22)9-5-12/h2-3,6-7,10,12,14,22H,4-5,8-9H2,1H3,(H,20,23). The number of hydrogen-bond donors (Lipinski definition) is 2. The Balaban J connectivity index is 1.84. The zero-order valence-electron chi connectivity index (χ0n) is 13.4. The molecule has 24 heavy (non-hydrogen) atoms. The monoisotopic (exact) mass is 349 g/mol. The van der Waals surface area contributed by atoms with E-state index in [1.54, 1.807) is 22.9 Å². The van der Waals surface area contributed by atoms with Gasteiger partial charge in [0.15, 0.2) is 5.16 Å². The van der Waals surface area contributed by atoms with Gasteiger partial charge in [-0.25, -0.2) is 9.37 Å². The van der Waals surface area contributed by atoms with E-state index in [9.17, 15) is 14.3 Å². The highest BCUT2D eigenvalue weighted by molar-refractivity contribution is 7.98. The Morgan fingerprint density at radius 3 is 2.58 bits per heavy atom. The van der Waals surface area contributed by atoms with E-state index in [0.29, 0.717) is 29.4 Å². The van der Waals surface area contributed by atoms with Crippen LogP contribution in [-0.2, 0) is 0 Å². The molecular weight excluding hydrogens is 329 g/mol. The van der Waals surface area contributed by atoms with Crippen molar-refractivity contribution < 1.29 is 14.3 Å². The van der Waals surface area contributed by atoms with Crippen LogP contribution >= 0.6 is 11.8 Å². The molecule has 0 bridgehead atoms. The van der Waals surface area contributed by atoms with E-state index in [1.165, 1.54) is 23.9 Å². The van der Waals surface area contributed by atoms with Crippen molar-refractivity contribution in [3.05, 3.63) is 42.0 Å². The Morgan fingerprint density at radius 2 is 1.96 bits per heavy atom. The highest BCUT2D eigenvalue weighted by atomic mass is 32.2. The van der Waals surface area contributed by atoms with Gasteiger partial charge in [-0.1, -0.05) is 11.8 Å². The minimum atomic E-state index is -0.323. The number of carbonyl (C=O) groups is 1. The van der Waals surface area contributed by atoms with Crippen LogP contribution in [0, 0.1) is 5.82 Å². The number of hydrogen-bond acceptors (Lipinski definition) is 4. The number of halogens is 1. The lowest BCUT2D eigenvalue weighted by atomic mass is 9.93. The van der Waals surface area contributed by atoms with E-state index in [2.05, 4.69) is 10.3 Å². The molecule has 7 heteroatoms. The maximum absolute atomic E-state index is 13.2. The van der Waals surface area contributed by atoms with Crippen molar-refractivity contribution in [2.45, 2.75) is 43.0 Å². The quantitative estimate of drug-likeness (QED) is 0.833. The molecule has 1 amide bonds. The first-order valence-corrected chi connectivity index (χ1v) is 9.17. The van der Waals surface area contributed by atoms with Gasteiger partial charge in [-0.3, -0.25) is 9.36 Å². The third-order valence-electron chi connectivity index (χ3n) is 4.26. The first-order chi connectivity index (χ1) is 11.6. The summed E-state index contributed by atoms with van der Waals surface area (Å²) in [6, 6.07) is 6.05. The second kappa shape index (κ2) is 7.36. The minimum absolute atomic E-state index is 0.0650. The number of rotatable bonds is 4. The van der Waals surface area contributed by atoms with E-state index in [4.69, 9.17) is 0 Å². The lowest BCUT2D eigenvalue weighted by Crippen LogP contribution is -2.39. The fourth-order valence-corrected chi connectivity index (χ4v) is 3.50. The van der Waals surface area contributed by atoms with Gasteiger partial charge in [0.05, 0.1) is 12.3 Å². The molecule has 0 radical (unpaired) electrons. The van der Waals surface area contributed by atoms with E-state index >= 15 is 0 Å². The topological polar surface area (TPSA) is 67.2 Å². The van der Waals surface area contributed by atoms with Crippen molar-refractivity contribution in [1.82, 2.24) is 14.9 Å². The Kier molecular flexibility index (Phi) is 5.20. The third kappa shape index (κ3) is 3.62. The van der Waals surface area contributed by atoms with E-state index < -0.39 is 0 Å². The SMILES string of the molecule is CSc1ncc(C(=O)NC2CCC(O)CC2)n1-c1ccc(F)cc1. The van der Waals surface area contributed by atoms with Gasteiger partial charge in [0.25, 0.3) is 5.91 Å². The Labute approximate surface area is 144 Å². The fraction of sp³-hybridized carbons (Fsp3) is 0.412. The normalized spacial score (nSPS) is 20.8. The molecule has 1 aromatic carbocycles. The van der Waals surface area contributed by atoms with Crippen LogP contribution in [0.5, 0.6) is 0 Å². The van der Waals surface area contributed by atoms with Crippen molar-refractivity contribution >= 4 is 17.7 Å². The van der Waals surface area contributed by atoms with Crippen LogP contribution in [0.1, 0.15) is 36.2 Å². The van der Waals surface area contributed by atoms with E-state index in [1.807, 2.05) is 6.26 Å². The first kappa shape index (κ1) is 17.0. The van der Waals surface area contributed by atoms with Gasteiger partial charge < -0.3 is 10.4 Å².